The van der Waals surface area contributed by atoms with Crippen molar-refractivity contribution in [3.05, 3.63) is 66.5 Å². The lowest BCUT2D eigenvalue weighted by molar-refractivity contribution is 0.184. The Hall–Kier alpha value is -2.75. The highest BCUT2D eigenvalue weighted by atomic mass is 19.1. The van der Waals surface area contributed by atoms with Gasteiger partial charge >= 0.3 is 0 Å². The molecule has 2 aromatic carbocycles. The molecule has 0 amide bonds. The van der Waals surface area contributed by atoms with Crippen LogP contribution in [0.3, 0.4) is 0 Å². The first-order valence-corrected chi connectivity index (χ1v) is 12.0. The molecule has 0 saturated carbocycles. The molecule has 1 unspecified atom stereocenters. The molecule has 1 heterocycles. The van der Waals surface area contributed by atoms with E-state index < -0.39 is 6.17 Å². The zero-order valence-electron chi connectivity index (χ0n) is 19.4. The number of benzene rings is 2. The van der Waals surface area contributed by atoms with Crippen molar-refractivity contribution >= 4 is 0 Å². The van der Waals surface area contributed by atoms with Crippen LogP contribution in [0.1, 0.15) is 64.4 Å². The molecule has 0 aliphatic rings. The predicted octanol–water partition coefficient (Wildman–Crippen LogP) is 7.84. The van der Waals surface area contributed by atoms with Gasteiger partial charge in [-0.05, 0) is 54.7 Å². The topological polar surface area (TPSA) is 35.0 Å². The van der Waals surface area contributed by atoms with Crippen LogP contribution in [0.25, 0.3) is 22.5 Å². The Labute approximate surface area is 192 Å². The van der Waals surface area contributed by atoms with Gasteiger partial charge in [-0.15, -0.1) is 0 Å². The zero-order valence-corrected chi connectivity index (χ0v) is 19.4. The van der Waals surface area contributed by atoms with Gasteiger partial charge in [-0.3, -0.25) is 0 Å². The first kappa shape index (κ1) is 23.9. The fourth-order valence-corrected chi connectivity index (χ4v) is 3.63. The van der Waals surface area contributed by atoms with E-state index in [0.717, 1.165) is 36.0 Å². The van der Waals surface area contributed by atoms with E-state index in [2.05, 4.69) is 48.1 Å². The standard InChI is InChI=1S/C28H35FN2O/c1-3-5-7-8-10-26(29)21-32-27-17-15-24(16-18-27)28-30-19-25(20-31-28)23-13-11-22(12-14-23)9-6-4-2/h11-20,26H,3-10,21H2,1-2H3. The highest BCUT2D eigenvalue weighted by Crippen LogP contribution is 2.23. The van der Waals surface area contributed by atoms with Gasteiger partial charge in [0.05, 0.1) is 0 Å². The van der Waals surface area contributed by atoms with Crippen LogP contribution < -0.4 is 4.74 Å². The van der Waals surface area contributed by atoms with Crippen LogP contribution >= 0.6 is 0 Å². The van der Waals surface area contributed by atoms with Crippen molar-refractivity contribution in [1.82, 2.24) is 9.97 Å². The average Bonchev–Trinajstić information content (AvgIpc) is 2.85. The van der Waals surface area contributed by atoms with Gasteiger partial charge in [0.1, 0.15) is 18.5 Å². The molecular weight excluding hydrogens is 399 g/mol. The summed E-state index contributed by atoms with van der Waals surface area (Å²) >= 11 is 0. The molecule has 4 heteroatoms. The lowest BCUT2D eigenvalue weighted by atomic mass is 10.0. The van der Waals surface area contributed by atoms with Gasteiger partial charge in [-0.2, -0.15) is 0 Å². The maximum Gasteiger partial charge on any atom is 0.159 e. The number of hydrogen-bond acceptors (Lipinski definition) is 3. The van der Waals surface area contributed by atoms with E-state index in [0.29, 0.717) is 18.0 Å². The smallest absolute Gasteiger partial charge is 0.159 e. The van der Waals surface area contributed by atoms with Gasteiger partial charge in [0.2, 0.25) is 0 Å². The number of rotatable bonds is 13. The number of aromatic nitrogens is 2. The van der Waals surface area contributed by atoms with Gasteiger partial charge in [0.25, 0.3) is 0 Å². The fraction of sp³-hybridized carbons (Fsp3) is 0.429. The number of ether oxygens (including phenoxy) is 1. The fourth-order valence-electron chi connectivity index (χ4n) is 3.63. The minimum atomic E-state index is -0.914. The second kappa shape index (κ2) is 12.9. The molecule has 0 aliphatic carbocycles. The van der Waals surface area contributed by atoms with Crippen LogP contribution in [0.2, 0.25) is 0 Å². The van der Waals surface area contributed by atoms with Crippen LogP contribution in [0, 0.1) is 0 Å². The number of nitrogens with zero attached hydrogens (tertiary/aromatic N) is 2. The molecule has 3 aromatic rings. The summed E-state index contributed by atoms with van der Waals surface area (Å²) in [5.74, 6) is 1.34. The van der Waals surface area contributed by atoms with E-state index in [1.807, 2.05) is 36.7 Å². The van der Waals surface area contributed by atoms with E-state index >= 15 is 0 Å². The molecule has 32 heavy (non-hydrogen) atoms. The third-order valence-electron chi connectivity index (χ3n) is 5.67. The normalized spacial score (nSPS) is 12.0. The summed E-state index contributed by atoms with van der Waals surface area (Å²) in [7, 11) is 0. The number of unbranched alkanes of at least 4 members (excludes halogenated alkanes) is 4. The quantitative estimate of drug-likeness (QED) is 0.257. The van der Waals surface area contributed by atoms with E-state index in [4.69, 9.17) is 4.74 Å². The van der Waals surface area contributed by atoms with Crippen molar-refractivity contribution in [1.29, 1.82) is 0 Å². The van der Waals surface area contributed by atoms with Crippen LogP contribution in [0.15, 0.2) is 60.9 Å². The summed E-state index contributed by atoms with van der Waals surface area (Å²) in [6, 6.07) is 16.2. The molecule has 1 atom stereocenters. The summed E-state index contributed by atoms with van der Waals surface area (Å²) in [6.07, 6.45) is 11.3. The summed E-state index contributed by atoms with van der Waals surface area (Å²) < 4.78 is 19.6. The number of aryl methyl sites for hydroxylation is 1. The van der Waals surface area contributed by atoms with Gasteiger partial charge in [0, 0.05) is 23.5 Å². The Morgan fingerprint density at radius 3 is 2.06 bits per heavy atom. The van der Waals surface area contributed by atoms with Crippen LogP contribution in [0.4, 0.5) is 4.39 Å². The minimum absolute atomic E-state index is 0.105. The molecule has 0 saturated heterocycles. The van der Waals surface area contributed by atoms with Gasteiger partial charge in [0.15, 0.2) is 5.82 Å². The number of halogens is 1. The lowest BCUT2D eigenvalue weighted by Gasteiger charge is -2.11. The summed E-state index contributed by atoms with van der Waals surface area (Å²) in [4.78, 5) is 9.08. The molecule has 0 fully saturated rings. The molecule has 1 aromatic heterocycles. The summed E-state index contributed by atoms with van der Waals surface area (Å²) in [5, 5.41) is 0. The maximum atomic E-state index is 14.0. The molecule has 0 N–H and O–H groups in total. The highest BCUT2D eigenvalue weighted by molar-refractivity contribution is 5.64. The van der Waals surface area contributed by atoms with Gasteiger partial charge in [-0.1, -0.05) is 70.2 Å². The SMILES string of the molecule is CCCCCCC(F)COc1ccc(-c2ncc(-c3ccc(CCCC)cc3)cn2)cc1. The van der Waals surface area contributed by atoms with Crippen LogP contribution in [-0.4, -0.2) is 22.7 Å². The predicted molar refractivity (Wildman–Crippen MR) is 131 cm³/mol. The monoisotopic (exact) mass is 434 g/mol. The van der Waals surface area contributed by atoms with Crippen molar-refractivity contribution in [2.24, 2.45) is 0 Å². The van der Waals surface area contributed by atoms with E-state index in [1.165, 1.54) is 31.2 Å². The molecule has 0 radical (unpaired) electrons. The number of hydrogen-bond donors (Lipinski definition) is 0. The second-order valence-electron chi connectivity index (χ2n) is 8.38. The van der Waals surface area contributed by atoms with Crippen LogP contribution in [-0.2, 0) is 6.42 Å². The minimum Gasteiger partial charge on any atom is -0.491 e. The van der Waals surface area contributed by atoms with Crippen molar-refractivity contribution in [2.45, 2.75) is 71.4 Å². The van der Waals surface area contributed by atoms with Crippen molar-refractivity contribution in [3.63, 3.8) is 0 Å². The van der Waals surface area contributed by atoms with Crippen LogP contribution in [0.5, 0.6) is 5.75 Å². The molecule has 3 nitrogen and oxygen atoms in total. The van der Waals surface area contributed by atoms with E-state index in [1.54, 1.807) is 0 Å². The molecular formula is C28H35FN2O. The Morgan fingerprint density at radius 2 is 1.41 bits per heavy atom. The summed E-state index contributed by atoms with van der Waals surface area (Å²) in [6.45, 7) is 4.48. The maximum absolute atomic E-state index is 14.0. The number of alkyl halides is 1. The van der Waals surface area contributed by atoms with Crippen molar-refractivity contribution in [3.8, 4) is 28.3 Å². The largest absolute Gasteiger partial charge is 0.491 e. The van der Waals surface area contributed by atoms with E-state index in [-0.39, 0.29) is 6.61 Å². The Balaban J connectivity index is 1.52. The first-order valence-electron chi connectivity index (χ1n) is 12.0. The molecule has 0 bridgehead atoms. The first-order chi connectivity index (χ1) is 15.7. The van der Waals surface area contributed by atoms with Gasteiger partial charge < -0.3 is 4.74 Å². The van der Waals surface area contributed by atoms with E-state index in [9.17, 15) is 4.39 Å². The third-order valence-corrected chi connectivity index (χ3v) is 5.67. The zero-order chi connectivity index (χ0) is 22.6. The molecule has 170 valence electrons. The Kier molecular flexibility index (Phi) is 9.67. The molecule has 0 aliphatic heterocycles. The lowest BCUT2D eigenvalue weighted by Crippen LogP contribution is -2.12. The highest BCUT2D eigenvalue weighted by Gasteiger charge is 2.08. The van der Waals surface area contributed by atoms with Crippen molar-refractivity contribution < 1.29 is 9.13 Å². The Bertz CT molecular complexity index is 908. The summed E-state index contributed by atoms with van der Waals surface area (Å²) in [5.41, 5.74) is 4.40. The second-order valence-corrected chi connectivity index (χ2v) is 8.38. The molecule has 3 rings (SSSR count). The molecule has 0 spiro atoms. The third kappa shape index (κ3) is 7.44. The Morgan fingerprint density at radius 1 is 0.750 bits per heavy atom. The van der Waals surface area contributed by atoms with Crippen molar-refractivity contribution in [2.75, 3.05) is 6.61 Å². The van der Waals surface area contributed by atoms with Gasteiger partial charge in [-0.25, -0.2) is 14.4 Å². The average molecular weight is 435 g/mol.